The molecule has 1 aromatic rings. The second kappa shape index (κ2) is 5.95. The van der Waals surface area contributed by atoms with Crippen molar-refractivity contribution in [3.63, 3.8) is 0 Å². The van der Waals surface area contributed by atoms with E-state index in [2.05, 4.69) is 19.2 Å². The summed E-state index contributed by atoms with van der Waals surface area (Å²) in [7, 11) is -2.62. The van der Waals surface area contributed by atoms with Crippen LogP contribution < -0.4 is 0 Å². The van der Waals surface area contributed by atoms with Crippen molar-refractivity contribution in [3.05, 3.63) is 35.9 Å². The number of nitrogens with zero attached hydrogens (tertiary/aromatic N) is 1. The van der Waals surface area contributed by atoms with Crippen molar-refractivity contribution in [2.24, 2.45) is 5.92 Å². The molecular formula is C17H25NO5P+. The molecule has 4 atom stereocenters. The van der Waals surface area contributed by atoms with Gasteiger partial charge in [0, 0.05) is 17.9 Å². The Hall–Kier alpha value is -1.20. The van der Waals surface area contributed by atoms with Crippen molar-refractivity contribution in [2.75, 3.05) is 13.6 Å². The zero-order chi connectivity index (χ0) is 17.6. The van der Waals surface area contributed by atoms with Gasteiger partial charge in [-0.15, -0.1) is 0 Å². The topological polar surface area (TPSA) is 94.8 Å². The van der Waals surface area contributed by atoms with Gasteiger partial charge in [0.25, 0.3) is 0 Å². The molecule has 0 bridgehead atoms. The van der Waals surface area contributed by atoms with Crippen molar-refractivity contribution in [1.82, 2.24) is 0 Å². The molecule has 0 spiro atoms. The highest BCUT2D eigenvalue weighted by molar-refractivity contribution is 7.54. The van der Waals surface area contributed by atoms with E-state index in [9.17, 15) is 24.3 Å². The van der Waals surface area contributed by atoms with E-state index < -0.39 is 18.7 Å². The van der Waals surface area contributed by atoms with Crippen LogP contribution in [0, 0.1) is 5.92 Å². The van der Waals surface area contributed by atoms with Crippen LogP contribution >= 0.6 is 7.60 Å². The minimum absolute atomic E-state index is 0.0253. The summed E-state index contributed by atoms with van der Waals surface area (Å²) in [6.07, 6.45) is 1.95. The van der Waals surface area contributed by atoms with E-state index in [0.29, 0.717) is 4.48 Å². The normalized spacial score (nSPS) is 36.3. The van der Waals surface area contributed by atoms with E-state index in [0.717, 1.165) is 25.9 Å². The van der Waals surface area contributed by atoms with Crippen LogP contribution in [0.1, 0.15) is 31.2 Å². The predicted octanol–water partition coefficient (Wildman–Crippen LogP) is 2.21. The largest absolute Gasteiger partial charge is 0.480 e. The van der Waals surface area contributed by atoms with Gasteiger partial charge in [-0.25, -0.2) is 0 Å². The lowest BCUT2D eigenvalue weighted by Gasteiger charge is -2.46. The third-order valence-corrected chi connectivity index (χ3v) is 7.75. The van der Waals surface area contributed by atoms with Crippen LogP contribution in [-0.2, 0) is 15.9 Å². The van der Waals surface area contributed by atoms with E-state index in [1.165, 1.54) is 5.56 Å². The standard InChI is InChI=1S/C17H24NO5P/c1-18(12-13-6-3-2-4-7-13)9-5-8-14-10-17(16(19)20,11-15(14)18)24(21,22)23/h2-4,6-7,14-15H,5,8-12H2,1H3,(H2-,19,20,21,22,23)/p+1. The van der Waals surface area contributed by atoms with Crippen molar-refractivity contribution < 1.29 is 28.7 Å². The molecular weight excluding hydrogens is 329 g/mol. The molecule has 2 aliphatic rings. The van der Waals surface area contributed by atoms with E-state index in [-0.39, 0.29) is 24.8 Å². The molecule has 4 unspecified atom stereocenters. The number of carbonyl (C=O) groups is 1. The Kier molecular flexibility index (Phi) is 4.37. The Labute approximate surface area is 141 Å². The van der Waals surface area contributed by atoms with Crippen LogP contribution in [0.3, 0.4) is 0 Å². The van der Waals surface area contributed by atoms with Gasteiger partial charge in [-0.2, -0.15) is 0 Å². The monoisotopic (exact) mass is 354 g/mol. The Morgan fingerprint density at radius 3 is 2.54 bits per heavy atom. The minimum Gasteiger partial charge on any atom is -0.480 e. The third kappa shape index (κ3) is 2.82. The molecule has 3 rings (SSSR count). The van der Waals surface area contributed by atoms with Crippen LogP contribution in [0.15, 0.2) is 30.3 Å². The number of aliphatic carboxylic acids is 1. The lowest BCUT2D eigenvalue weighted by molar-refractivity contribution is -0.953. The van der Waals surface area contributed by atoms with Crippen LogP contribution in [0.2, 0.25) is 0 Å². The zero-order valence-corrected chi connectivity index (χ0v) is 14.7. The first kappa shape index (κ1) is 17.6. The number of hydrogen-bond donors (Lipinski definition) is 3. The number of likely N-dealkylation sites (tertiary alicyclic amines) is 1. The summed E-state index contributed by atoms with van der Waals surface area (Å²) < 4.78 is 12.7. The second-order valence-electron chi connectivity index (χ2n) is 7.61. The molecule has 1 aliphatic heterocycles. The molecule has 0 radical (unpaired) electrons. The van der Waals surface area contributed by atoms with Gasteiger partial charge in [-0.05, 0) is 19.3 Å². The number of fused-ring (bicyclic) bond motifs is 1. The van der Waals surface area contributed by atoms with Gasteiger partial charge in [-0.1, -0.05) is 30.3 Å². The first-order chi connectivity index (χ1) is 11.2. The molecule has 7 heteroatoms. The van der Waals surface area contributed by atoms with Gasteiger partial charge in [0.1, 0.15) is 6.54 Å². The average Bonchev–Trinajstić information content (AvgIpc) is 2.91. The highest BCUT2D eigenvalue weighted by Gasteiger charge is 2.65. The van der Waals surface area contributed by atoms with Crippen molar-refractivity contribution in [2.45, 2.75) is 43.4 Å². The Morgan fingerprint density at radius 2 is 1.96 bits per heavy atom. The quantitative estimate of drug-likeness (QED) is 0.569. The van der Waals surface area contributed by atoms with Gasteiger partial charge >= 0.3 is 13.6 Å². The van der Waals surface area contributed by atoms with Crippen LogP contribution in [0.25, 0.3) is 0 Å². The number of carboxylic acids is 1. The maximum atomic E-state index is 12.0. The maximum absolute atomic E-state index is 12.0. The van der Waals surface area contributed by atoms with Crippen molar-refractivity contribution in [1.29, 1.82) is 0 Å². The van der Waals surface area contributed by atoms with Gasteiger partial charge in [0.15, 0.2) is 5.16 Å². The number of carboxylic acid groups (broad SMARTS) is 1. The van der Waals surface area contributed by atoms with Crippen LogP contribution in [0.4, 0.5) is 0 Å². The minimum atomic E-state index is -4.72. The highest BCUT2D eigenvalue weighted by atomic mass is 31.2. The number of quaternary nitrogens is 1. The average molecular weight is 354 g/mol. The molecule has 1 aliphatic carbocycles. The number of benzene rings is 1. The zero-order valence-electron chi connectivity index (χ0n) is 13.8. The van der Waals surface area contributed by atoms with Crippen LogP contribution in [-0.4, -0.2) is 50.1 Å². The predicted molar refractivity (Wildman–Crippen MR) is 89.4 cm³/mol. The van der Waals surface area contributed by atoms with Crippen molar-refractivity contribution in [3.8, 4) is 0 Å². The Morgan fingerprint density at radius 1 is 1.29 bits per heavy atom. The first-order valence-corrected chi connectivity index (χ1v) is 9.96. The summed E-state index contributed by atoms with van der Waals surface area (Å²) in [6, 6.07) is 10.00. The van der Waals surface area contributed by atoms with E-state index in [1.54, 1.807) is 0 Å². The summed E-state index contributed by atoms with van der Waals surface area (Å²) in [5, 5.41) is 7.69. The summed E-state index contributed by atoms with van der Waals surface area (Å²) in [6.45, 7) is 1.67. The smallest absolute Gasteiger partial charge is 0.343 e. The lowest BCUT2D eigenvalue weighted by Crippen LogP contribution is -2.56. The fourth-order valence-corrected chi connectivity index (χ4v) is 5.95. The molecule has 2 fully saturated rings. The summed E-state index contributed by atoms with van der Waals surface area (Å²) >= 11 is 0. The van der Waals surface area contributed by atoms with E-state index >= 15 is 0 Å². The van der Waals surface area contributed by atoms with Gasteiger partial charge in [0.05, 0.1) is 19.6 Å². The molecule has 3 N–H and O–H groups in total. The third-order valence-electron chi connectivity index (χ3n) is 6.08. The summed E-state index contributed by atoms with van der Waals surface area (Å²) in [5.41, 5.74) is 1.17. The van der Waals surface area contributed by atoms with E-state index in [1.807, 2.05) is 18.2 Å². The molecule has 0 amide bonds. The SMILES string of the molecule is C[N+]1(Cc2ccccc2)CCCC2CC(C(=O)O)(P(=O)(O)O)CC21. The Balaban J connectivity index is 1.93. The van der Waals surface area contributed by atoms with Gasteiger partial charge < -0.3 is 19.4 Å². The molecule has 0 aromatic heterocycles. The molecule has 1 saturated heterocycles. The molecule has 1 aromatic carbocycles. The van der Waals surface area contributed by atoms with Gasteiger partial charge in [0.2, 0.25) is 0 Å². The fourth-order valence-electron chi connectivity index (χ4n) is 4.80. The summed E-state index contributed by atoms with van der Waals surface area (Å²) in [5.74, 6) is -1.30. The van der Waals surface area contributed by atoms with Gasteiger partial charge in [-0.3, -0.25) is 9.36 Å². The highest BCUT2D eigenvalue weighted by Crippen LogP contribution is 2.63. The molecule has 24 heavy (non-hydrogen) atoms. The number of rotatable bonds is 4. The molecule has 132 valence electrons. The summed E-state index contributed by atoms with van der Waals surface area (Å²) in [4.78, 5) is 31.3. The lowest BCUT2D eigenvalue weighted by atomic mass is 9.89. The fraction of sp³-hybridized carbons (Fsp3) is 0.588. The molecule has 1 heterocycles. The maximum Gasteiger partial charge on any atom is 0.343 e. The first-order valence-electron chi connectivity index (χ1n) is 8.35. The van der Waals surface area contributed by atoms with Crippen LogP contribution in [0.5, 0.6) is 0 Å². The second-order valence-corrected chi connectivity index (χ2v) is 9.55. The van der Waals surface area contributed by atoms with Crippen molar-refractivity contribution >= 4 is 13.6 Å². The molecule has 6 nitrogen and oxygen atoms in total. The van der Waals surface area contributed by atoms with E-state index in [4.69, 9.17) is 0 Å². The molecule has 1 saturated carbocycles. The number of piperidine rings is 1. The number of hydrogen-bond acceptors (Lipinski definition) is 2. The Bertz CT molecular complexity index is 675.